The normalized spacial score (nSPS) is 20.7. The van der Waals surface area contributed by atoms with E-state index in [1.807, 2.05) is 30.3 Å². The molecule has 2 rings (SSSR count). The molecule has 1 fully saturated rings. The summed E-state index contributed by atoms with van der Waals surface area (Å²) in [5.74, 6) is 1.23. The van der Waals surface area contributed by atoms with Crippen LogP contribution >= 0.6 is 0 Å². The lowest BCUT2D eigenvalue weighted by molar-refractivity contribution is -0.140. The highest BCUT2D eigenvalue weighted by Gasteiger charge is 2.27. The molecule has 3 nitrogen and oxygen atoms in total. The number of ether oxygens (including phenoxy) is 2. The maximum Gasteiger partial charge on any atom is 0.314 e. The Morgan fingerprint density at radius 3 is 2.39 bits per heavy atom. The highest BCUT2D eigenvalue weighted by atomic mass is 16.5. The molecule has 1 saturated carbocycles. The molecule has 0 radical (unpaired) electrons. The van der Waals surface area contributed by atoms with Crippen LogP contribution in [0.2, 0.25) is 0 Å². The molecular weight excluding hydrogens is 288 g/mol. The fourth-order valence-corrected chi connectivity index (χ4v) is 2.98. The molecule has 1 aliphatic rings. The fraction of sp³-hybridized carbons (Fsp3) is 0.450. The van der Waals surface area contributed by atoms with Gasteiger partial charge in [0.05, 0.1) is 19.1 Å². The number of esters is 1. The summed E-state index contributed by atoms with van der Waals surface area (Å²) in [6.45, 7) is 8.47. The third-order valence-electron chi connectivity index (χ3n) is 4.33. The van der Waals surface area contributed by atoms with Crippen LogP contribution in [0.5, 0.6) is 5.75 Å². The molecular formula is C20H26O3. The van der Waals surface area contributed by atoms with Gasteiger partial charge in [-0.2, -0.15) is 0 Å². The number of benzene rings is 1. The van der Waals surface area contributed by atoms with Crippen LogP contribution in [0.4, 0.5) is 0 Å². The van der Waals surface area contributed by atoms with Crippen molar-refractivity contribution in [1.82, 2.24) is 0 Å². The Bertz CT molecular complexity index is 510. The van der Waals surface area contributed by atoms with Gasteiger partial charge in [-0.25, -0.2) is 0 Å². The summed E-state index contributed by atoms with van der Waals surface area (Å²) in [4.78, 5) is 12.2. The predicted octanol–water partition coefficient (Wildman–Crippen LogP) is 4.68. The average Bonchev–Trinajstić information content (AvgIpc) is 2.57. The van der Waals surface area contributed by atoms with E-state index < -0.39 is 0 Å². The average molecular weight is 314 g/mol. The molecule has 0 N–H and O–H groups in total. The van der Waals surface area contributed by atoms with Crippen LogP contribution in [-0.4, -0.2) is 12.6 Å². The fourth-order valence-electron chi connectivity index (χ4n) is 2.98. The van der Waals surface area contributed by atoms with Gasteiger partial charge < -0.3 is 9.47 Å². The Kier molecular flexibility index (Phi) is 7.08. The number of allylic oxidation sites excluding steroid dienone is 1. The van der Waals surface area contributed by atoms with Crippen molar-refractivity contribution in [2.24, 2.45) is 11.8 Å². The Hall–Kier alpha value is -1.87. The standard InChI is InChI=1S/C20H26O3/c1-3-5-16-6-10-18(11-7-16)20(21)23-19-12-8-17(9-13-19)15-22-14-4-2/h3-4,8-9,12-13,16,18H,1-2,5-7,10-11,14-15H2. The molecule has 1 aromatic carbocycles. The molecule has 0 spiro atoms. The first kappa shape index (κ1) is 17.5. The second-order valence-electron chi connectivity index (χ2n) is 6.11. The molecule has 1 aromatic rings. The molecule has 0 heterocycles. The third kappa shape index (κ3) is 5.68. The summed E-state index contributed by atoms with van der Waals surface area (Å²) in [5, 5.41) is 0. The molecule has 0 aromatic heterocycles. The Balaban J connectivity index is 1.79. The molecule has 0 unspecified atom stereocenters. The highest BCUT2D eigenvalue weighted by Crippen LogP contribution is 2.32. The number of carbonyl (C=O) groups is 1. The van der Waals surface area contributed by atoms with Gasteiger partial charge in [0.25, 0.3) is 0 Å². The third-order valence-corrected chi connectivity index (χ3v) is 4.33. The zero-order valence-corrected chi connectivity index (χ0v) is 13.7. The van der Waals surface area contributed by atoms with Crippen molar-refractivity contribution in [3.8, 4) is 5.75 Å². The summed E-state index contributed by atoms with van der Waals surface area (Å²) < 4.78 is 10.9. The summed E-state index contributed by atoms with van der Waals surface area (Å²) in [5.41, 5.74) is 1.05. The molecule has 3 heteroatoms. The molecule has 0 bridgehead atoms. The quantitative estimate of drug-likeness (QED) is 0.302. The van der Waals surface area contributed by atoms with Crippen LogP contribution in [0.25, 0.3) is 0 Å². The van der Waals surface area contributed by atoms with E-state index in [9.17, 15) is 4.79 Å². The summed E-state index contributed by atoms with van der Waals surface area (Å²) in [7, 11) is 0. The van der Waals surface area contributed by atoms with Crippen molar-refractivity contribution in [2.75, 3.05) is 6.61 Å². The van der Waals surface area contributed by atoms with Gasteiger partial charge in [-0.15, -0.1) is 13.2 Å². The molecule has 23 heavy (non-hydrogen) atoms. The number of carbonyl (C=O) groups excluding carboxylic acids is 1. The van der Waals surface area contributed by atoms with Gasteiger partial charge in [0.2, 0.25) is 0 Å². The van der Waals surface area contributed by atoms with Gasteiger partial charge in [-0.05, 0) is 55.7 Å². The maximum absolute atomic E-state index is 12.2. The number of hydrogen-bond acceptors (Lipinski definition) is 3. The van der Waals surface area contributed by atoms with Crippen molar-refractivity contribution >= 4 is 5.97 Å². The lowest BCUT2D eigenvalue weighted by Gasteiger charge is -2.26. The largest absolute Gasteiger partial charge is 0.426 e. The van der Waals surface area contributed by atoms with Crippen LogP contribution in [0.15, 0.2) is 49.6 Å². The molecule has 1 aliphatic carbocycles. The van der Waals surface area contributed by atoms with E-state index in [1.165, 1.54) is 0 Å². The minimum atomic E-state index is -0.0993. The maximum atomic E-state index is 12.2. The van der Waals surface area contributed by atoms with Crippen LogP contribution < -0.4 is 4.74 Å². The first-order chi connectivity index (χ1) is 11.2. The van der Waals surface area contributed by atoms with Crippen molar-refractivity contribution in [3.63, 3.8) is 0 Å². The van der Waals surface area contributed by atoms with Crippen LogP contribution in [-0.2, 0) is 16.1 Å². The minimum Gasteiger partial charge on any atom is -0.426 e. The van der Waals surface area contributed by atoms with Gasteiger partial charge in [-0.1, -0.05) is 24.3 Å². The molecule has 0 saturated heterocycles. The first-order valence-corrected chi connectivity index (χ1v) is 8.33. The Labute approximate surface area is 139 Å². The summed E-state index contributed by atoms with van der Waals surface area (Å²) >= 11 is 0. The van der Waals surface area contributed by atoms with E-state index in [-0.39, 0.29) is 11.9 Å². The van der Waals surface area contributed by atoms with E-state index in [4.69, 9.17) is 9.47 Å². The van der Waals surface area contributed by atoms with E-state index in [0.29, 0.717) is 24.9 Å². The molecule has 0 aliphatic heterocycles. The number of hydrogen-bond donors (Lipinski definition) is 0. The summed E-state index contributed by atoms with van der Waals surface area (Å²) in [6, 6.07) is 7.50. The van der Waals surface area contributed by atoms with Gasteiger partial charge in [-0.3, -0.25) is 4.79 Å². The predicted molar refractivity (Wildman–Crippen MR) is 92.2 cm³/mol. The van der Waals surface area contributed by atoms with E-state index >= 15 is 0 Å². The smallest absolute Gasteiger partial charge is 0.314 e. The minimum absolute atomic E-state index is 0.0340. The van der Waals surface area contributed by atoms with Crippen LogP contribution in [0, 0.1) is 11.8 Å². The molecule has 0 atom stereocenters. The van der Waals surface area contributed by atoms with Gasteiger partial charge in [0.15, 0.2) is 0 Å². The zero-order chi connectivity index (χ0) is 16.5. The van der Waals surface area contributed by atoms with E-state index in [2.05, 4.69) is 13.2 Å². The number of rotatable bonds is 8. The van der Waals surface area contributed by atoms with E-state index in [0.717, 1.165) is 37.7 Å². The molecule has 0 amide bonds. The lowest BCUT2D eigenvalue weighted by atomic mass is 9.80. The molecule has 124 valence electrons. The van der Waals surface area contributed by atoms with Crippen LogP contribution in [0.1, 0.15) is 37.7 Å². The van der Waals surface area contributed by atoms with Crippen molar-refractivity contribution in [1.29, 1.82) is 0 Å². The van der Waals surface area contributed by atoms with Gasteiger partial charge >= 0.3 is 5.97 Å². The van der Waals surface area contributed by atoms with Crippen LogP contribution in [0.3, 0.4) is 0 Å². The first-order valence-electron chi connectivity index (χ1n) is 8.33. The van der Waals surface area contributed by atoms with Crippen molar-refractivity contribution in [3.05, 3.63) is 55.1 Å². The van der Waals surface area contributed by atoms with E-state index in [1.54, 1.807) is 6.08 Å². The van der Waals surface area contributed by atoms with Gasteiger partial charge in [0.1, 0.15) is 5.75 Å². The van der Waals surface area contributed by atoms with Gasteiger partial charge in [0, 0.05) is 0 Å². The van der Waals surface area contributed by atoms with Crippen molar-refractivity contribution < 1.29 is 14.3 Å². The zero-order valence-electron chi connectivity index (χ0n) is 13.7. The monoisotopic (exact) mass is 314 g/mol. The topological polar surface area (TPSA) is 35.5 Å². The Morgan fingerprint density at radius 2 is 1.78 bits per heavy atom. The summed E-state index contributed by atoms with van der Waals surface area (Å²) in [6.07, 6.45) is 8.77. The van der Waals surface area contributed by atoms with Crippen molar-refractivity contribution in [2.45, 2.75) is 38.7 Å². The second-order valence-corrected chi connectivity index (χ2v) is 6.11. The Morgan fingerprint density at radius 1 is 1.09 bits per heavy atom. The highest BCUT2D eigenvalue weighted by molar-refractivity contribution is 5.75. The lowest BCUT2D eigenvalue weighted by Crippen LogP contribution is -2.25. The second kappa shape index (κ2) is 9.31. The SMILES string of the molecule is C=CCOCc1ccc(OC(=O)C2CCC(CC=C)CC2)cc1.